The summed E-state index contributed by atoms with van der Waals surface area (Å²) in [5.41, 5.74) is 0.954. The molecule has 0 aliphatic carbocycles. The Morgan fingerprint density at radius 1 is 1.39 bits per heavy atom. The zero-order valence-electron chi connectivity index (χ0n) is 10.3. The van der Waals surface area contributed by atoms with E-state index in [2.05, 4.69) is 10.1 Å². The second kappa shape index (κ2) is 5.08. The van der Waals surface area contributed by atoms with E-state index < -0.39 is 5.82 Å². The zero-order chi connectivity index (χ0) is 13.1. The minimum Gasteiger partial charge on any atom is -0.292 e. The smallest absolute Gasteiger partial charge is 0.187 e. The van der Waals surface area contributed by atoms with Gasteiger partial charge in [0.05, 0.1) is 18.3 Å². The van der Waals surface area contributed by atoms with Crippen molar-refractivity contribution in [2.45, 2.75) is 26.3 Å². The molecule has 2 rings (SSSR count). The van der Waals surface area contributed by atoms with Crippen LogP contribution < -0.4 is 0 Å². The number of nitrogens with zero attached hydrogens (tertiary/aromatic N) is 3. The van der Waals surface area contributed by atoms with Gasteiger partial charge in [-0.05, 0) is 32.0 Å². The van der Waals surface area contributed by atoms with Crippen molar-refractivity contribution in [2.75, 3.05) is 0 Å². The monoisotopic (exact) mass is 247 g/mol. The molecule has 0 spiro atoms. The van der Waals surface area contributed by atoms with Gasteiger partial charge in [0, 0.05) is 12.2 Å². The molecule has 0 atom stereocenters. The lowest BCUT2D eigenvalue weighted by Gasteiger charge is -2.03. The topological polar surface area (TPSA) is 47.8 Å². The van der Waals surface area contributed by atoms with E-state index in [1.165, 1.54) is 12.1 Å². The molecule has 0 bridgehead atoms. The summed E-state index contributed by atoms with van der Waals surface area (Å²) in [5.74, 6) is -0.611. The van der Waals surface area contributed by atoms with Crippen LogP contribution in [0.5, 0.6) is 0 Å². The summed E-state index contributed by atoms with van der Waals surface area (Å²) in [4.78, 5) is 15.6. The van der Waals surface area contributed by atoms with Crippen molar-refractivity contribution in [3.05, 3.63) is 47.8 Å². The highest BCUT2D eigenvalue weighted by atomic mass is 19.1. The fourth-order valence-electron chi connectivity index (χ4n) is 1.56. The lowest BCUT2D eigenvalue weighted by Crippen LogP contribution is -2.08. The molecule has 0 aliphatic heterocycles. The minimum atomic E-state index is -0.448. The third kappa shape index (κ3) is 2.80. The van der Waals surface area contributed by atoms with Gasteiger partial charge >= 0.3 is 0 Å². The quantitative estimate of drug-likeness (QED) is 0.779. The molecule has 0 radical (unpaired) electrons. The number of carbonyl (C=O) groups excluding carboxylic acids is 1. The average molecular weight is 247 g/mol. The summed E-state index contributed by atoms with van der Waals surface area (Å²) in [7, 11) is 0. The van der Waals surface area contributed by atoms with E-state index in [1.54, 1.807) is 10.7 Å². The van der Waals surface area contributed by atoms with Crippen molar-refractivity contribution in [1.82, 2.24) is 14.8 Å². The molecular weight excluding hydrogens is 233 g/mol. The fraction of sp³-hybridized carbons (Fsp3) is 0.308. The third-order valence-electron chi connectivity index (χ3n) is 2.55. The van der Waals surface area contributed by atoms with Gasteiger partial charge in [-0.3, -0.25) is 14.5 Å². The first-order valence-electron chi connectivity index (χ1n) is 5.75. The maximum atomic E-state index is 12.7. The predicted octanol–water partition coefficient (Wildman–Crippen LogP) is 2.42. The van der Waals surface area contributed by atoms with Gasteiger partial charge in [-0.2, -0.15) is 5.10 Å². The molecule has 0 fully saturated rings. The van der Waals surface area contributed by atoms with E-state index in [9.17, 15) is 9.18 Å². The minimum absolute atomic E-state index is 0.163. The van der Waals surface area contributed by atoms with Crippen LogP contribution in [0.3, 0.4) is 0 Å². The second-order valence-electron chi connectivity index (χ2n) is 4.34. The first kappa shape index (κ1) is 12.4. The summed E-state index contributed by atoms with van der Waals surface area (Å²) < 4.78 is 14.5. The number of rotatable bonds is 4. The predicted molar refractivity (Wildman–Crippen MR) is 64.8 cm³/mol. The van der Waals surface area contributed by atoms with Crippen molar-refractivity contribution >= 4 is 5.78 Å². The molecule has 2 aromatic rings. The lowest BCUT2D eigenvalue weighted by atomic mass is 10.1. The van der Waals surface area contributed by atoms with Gasteiger partial charge in [0.25, 0.3) is 0 Å². The Kier molecular flexibility index (Phi) is 3.50. The van der Waals surface area contributed by atoms with E-state index in [0.29, 0.717) is 5.69 Å². The summed E-state index contributed by atoms with van der Waals surface area (Å²) in [5, 5.41) is 4.29. The Morgan fingerprint density at radius 2 is 2.17 bits per heavy atom. The van der Waals surface area contributed by atoms with Crippen molar-refractivity contribution in [2.24, 2.45) is 0 Å². The normalized spacial score (nSPS) is 10.9. The van der Waals surface area contributed by atoms with Crippen LogP contribution in [0.25, 0.3) is 0 Å². The van der Waals surface area contributed by atoms with Gasteiger partial charge < -0.3 is 0 Å². The Hall–Kier alpha value is -2.04. The van der Waals surface area contributed by atoms with Crippen molar-refractivity contribution in [1.29, 1.82) is 0 Å². The molecule has 5 heteroatoms. The van der Waals surface area contributed by atoms with Crippen LogP contribution in [0.1, 0.15) is 36.1 Å². The van der Waals surface area contributed by atoms with Gasteiger partial charge in [-0.1, -0.05) is 0 Å². The van der Waals surface area contributed by atoms with Gasteiger partial charge in [-0.15, -0.1) is 0 Å². The van der Waals surface area contributed by atoms with Gasteiger partial charge in [-0.25, -0.2) is 4.39 Å². The average Bonchev–Trinajstić information content (AvgIpc) is 2.78. The molecule has 0 aliphatic rings. The first-order chi connectivity index (χ1) is 8.56. The number of aromatic nitrogens is 3. The van der Waals surface area contributed by atoms with Crippen LogP contribution in [-0.2, 0) is 6.42 Å². The Bertz CT molecular complexity index is 546. The first-order valence-corrected chi connectivity index (χ1v) is 5.75. The van der Waals surface area contributed by atoms with Crippen LogP contribution in [0.2, 0.25) is 0 Å². The highest BCUT2D eigenvalue weighted by molar-refractivity contribution is 5.95. The van der Waals surface area contributed by atoms with Crippen LogP contribution in [0.15, 0.2) is 30.6 Å². The number of Topliss-reactive ketones (excluding diaryl/α,β-unsaturated/α-hetero) is 1. The summed E-state index contributed by atoms with van der Waals surface area (Å²) in [6.07, 6.45) is 3.06. The Morgan fingerprint density at radius 3 is 2.72 bits per heavy atom. The van der Waals surface area contributed by atoms with Crippen LogP contribution in [0.4, 0.5) is 4.39 Å². The molecule has 2 aromatic heterocycles. The standard InChI is InChI=1S/C13H14FN3O/c1-9(2)17-6-5-11(16-17)7-13(18)12-4-3-10(14)8-15-12/h3-6,8-9H,7H2,1-2H3. The highest BCUT2D eigenvalue weighted by Gasteiger charge is 2.11. The number of hydrogen-bond acceptors (Lipinski definition) is 3. The maximum absolute atomic E-state index is 12.7. The number of carbonyl (C=O) groups is 1. The van der Waals surface area contributed by atoms with Crippen LogP contribution in [0, 0.1) is 5.82 Å². The molecule has 0 amide bonds. The van der Waals surface area contributed by atoms with E-state index >= 15 is 0 Å². The van der Waals surface area contributed by atoms with Crippen molar-refractivity contribution in [3.63, 3.8) is 0 Å². The van der Waals surface area contributed by atoms with E-state index in [-0.39, 0.29) is 23.9 Å². The second-order valence-corrected chi connectivity index (χ2v) is 4.34. The molecule has 18 heavy (non-hydrogen) atoms. The summed E-state index contributed by atoms with van der Waals surface area (Å²) >= 11 is 0. The van der Waals surface area contributed by atoms with E-state index in [4.69, 9.17) is 0 Å². The summed E-state index contributed by atoms with van der Waals surface area (Å²) in [6.45, 7) is 4.03. The van der Waals surface area contributed by atoms with Crippen LogP contribution in [-0.4, -0.2) is 20.5 Å². The summed E-state index contributed by atoms with van der Waals surface area (Å²) in [6, 6.07) is 4.68. The van der Waals surface area contributed by atoms with Crippen molar-refractivity contribution < 1.29 is 9.18 Å². The Labute approximate surface area is 104 Å². The van der Waals surface area contributed by atoms with Gasteiger partial charge in [0.15, 0.2) is 5.78 Å². The van der Waals surface area contributed by atoms with Gasteiger partial charge in [0.1, 0.15) is 11.5 Å². The molecule has 94 valence electrons. The Balaban J connectivity index is 2.08. The maximum Gasteiger partial charge on any atom is 0.187 e. The SMILES string of the molecule is CC(C)n1ccc(CC(=O)c2ccc(F)cn2)n1. The third-order valence-corrected chi connectivity index (χ3v) is 2.55. The van der Waals surface area contributed by atoms with Crippen molar-refractivity contribution in [3.8, 4) is 0 Å². The van der Waals surface area contributed by atoms with Crippen LogP contribution >= 0.6 is 0 Å². The highest BCUT2D eigenvalue weighted by Crippen LogP contribution is 2.07. The molecule has 0 saturated heterocycles. The van der Waals surface area contributed by atoms with Gasteiger partial charge in [0.2, 0.25) is 0 Å². The molecule has 0 unspecified atom stereocenters. The number of ketones is 1. The molecule has 0 N–H and O–H groups in total. The van der Waals surface area contributed by atoms with E-state index in [1.807, 2.05) is 20.0 Å². The molecule has 2 heterocycles. The number of halogens is 1. The largest absolute Gasteiger partial charge is 0.292 e. The number of hydrogen-bond donors (Lipinski definition) is 0. The molecule has 0 saturated carbocycles. The molecule has 0 aromatic carbocycles. The van der Waals surface area contributed by atoms with E-state index in [0.717, 1.165) is 6.20 Å². The molecular formula is C13H14FN3O. The molecule has 4 nitrogen and oxygen atoms in total. The zero-order valence-corrected chi connectivity index (χ0v) is 10.3. The fourth-order valence-corrected chi connectivity index (χ4v) is 1.56. The number of pyridine rings is 1. The lowest BCUT2D eigenvalue weighted by molar-refractivity contribution is 0.0987.